The van der Waals surface area contributed by atoms with Crippen LogP contribution in [0.2, 0.25) is 0 Å². The van der Waals surface area contributed by atoms with E-state index in [-0.39, 0.29) is 33.6 Å². The number of nitrogens with zero attached hydrogens (tertiary/aromatic N) is 2. The normalized spacial score (nSPS) is 15.1. The van der Waals surface area contributed by atoms with Gasteiger partial charge in [0, 0.05) is 0 Å². The van der Waals surface area contributed by atoms with Crippen LogP contribution in [-0.2, 0) is 0 Å². The Morgan fingerprint density at radius 3 is 1.27 bits per heavy atom. The molecule has 0 fully saturated rings. The second-order valence-electron chi connectivity index (χ2n) is 6.76. The summed E-state index contributed by atoms with van der Waals surface area (Å²) in [6, 6.07) is 12.3. The fourth-order valence-corrected chi connectivity index (χ4v) is 3.71. The summed E-state index contributed by atoms with van der Waals surface area (Å²) in [5.41, 5.74) is -0.224. The number of hydrogen-bond donors (Lipinski definition) is 0. The van der Waals surface area contributed by atoms with Gasteiger partial charge in [0.2, 0.25) is 0 Å². The summed E-state index contributed by atoms with van der Waals surface area (Å²) in [5.74, 6) is -4.30. The molecule has 0 N–H and O–H groups in total. The van der Waals surface area contributed by atoms with Gasteiger partial charge in [0.25, 0.3) is 23.6 Å². The SMILES string of the molecule is O=C1c2ccc(F)cc2C(=O)N1c1ccccc1N1C(=O)c2ccc(F)cc2C1=O. The number of carbonyl (C=O) groups excluding carboxylic acids is 4. The maximum Gasteiger partial charge on any atom is 0.266 e. The van der Waals surface area contributed by atoms with Gasteiger partial charge < -0.3 is 0 Å². The average Bonchev–Trinajstić information content (AvgIpc) is 3.12. The van der Waals surface area contributed by atoms with Crippen molar-refractivity contribution in [3.63, 3.8) is 0 Å². The lowest BCUT2D eigenvalue weighted by Gasteiger charge is -2.22. The Kier molecular flexibility index (Phi) is 3.66. The molecule has 2 aliphatic rings. The average molecular weight is 404 g/mol. The van der Waals surface area contributed by atoms with Gasteiger partial charge in [0.1, 0.15) is 11.6 Å². The van der Waals surface area contributed by atoms with Crippen LogP contribution in [0, 0.1) is 11.6 Å². The Bertz CT molecular complexity index is 1220. The molecule has 2 aliphatic heterocycles. The highest BCUT2D eigenvalue weighted by atomic mass is 19.1. The number of amides is 4. The minimum Gasteiger partial charge on any atom is -0.268 e. The molecule has 5 rings (SSSR count). The van der Waals surface area contributed by atoms with Crippen molar-refractivity contribution in [3.05, 3.63) is 94.6 Å². The quantitative estimate of drug-likeness (QED) is 0.612. The molecule has 0 saturated heterocycles. The summed E-state index contributed by atoms with van der Waals surface area (Å²) in [6.45, 7) is 0. The Labute approximate surface area is 167 Å². The Balaban J connectivity index is 1.64. The van der Waals surface area contributed by atoms with Crippen LogP contribution in [0.5, 0.6) is 0 Å². The van der Waals surface area contributed by atoms with Crippen LogP contribution in [0.25, 0.3) is 0 Å². The van der Waals surface area contributed by atoms with E-state index in [4.69, 9.17) is 0 Å². The van der Waals surface area contributed by atoms with Crippen molar-refractivity contribution in [2.24, 2.45) is 0 Å². The summed E-state index contributed by atoms with van der Waals surface area (Å²) in [4.78, 5) is 53.0. The summed E-state index contributed by atoms with van der Waals surface area (Å²) in [5, 5.41) is 0. The zero-order valence-corrected chi connectivity index (χ0v) is 15.1. The van der Waals surface area contributed by atoms with Crippen molar-refractivity contribution >= 4 is 35.0 Å². The smallest absolute Gasteiger partial charge is 0.266 e. The molecule has 3 aromatic rings. The van der Waals surface area contributed by atoms with E-state index in [9.17, 15) is 28.0 Å². The van der Waals surface area contributed by atoms with Gasteiger partial charge in [-0.05, 0) is 48.5 Å². The molecule has 2 heterocycles. The van der Waals surface area contributed by atoms with Crippen LogP contribution in [0.4, 0.5) is 20.2 Å². The highest BCUT2D eigenvalue weighted by Gasteiger charge is 2.42. The van der Waals surface area contributed by atoms with Crippen LogP contribution in [0.1, 0.15) is 41.4 Å². The zero-order valence-electron chi connectivity index (χ0n) is 15.1. The van der Waals surface area contributed by atoms with Crippen molar-refractivity contribution in [1.29, 1.82) is 0 Å². The lowest BCUT2D eigenvalue weighted by Crippen LogP contribution is -2.35. The van der Waals surface area contributed by atoms with E-state index in [2.05, 4.69) is 0 Å². The molecule has 146 valence electrons. The number of hydrogen-bond acceptors (Lipinski definition) is 4. The first-order valence-electron chi connectivity index (χ1n) is 8.84. The molecule has 6 nitrogen and oxygen atoms in total. The van der Waals surface area contributed by atoms with Crippen LogP contribution >= 0.6 is 0 Å². The minimum atomic E-state index is -0.774. The number of imide groups is 2. The summed E-state index contributed by atoms with van der Waals surface area (Å²) in [6.07, 6.45) is 0. The van der Waals surface area contributed by atoms with Crippen LogP contribution < -0.4 is 9.80 Å². The third-order valence-electron chi connectivity index (χ3n) is 5.06. The number of carbonyl (C=O) groups is 4. The summed E-state index contributed by atoms with van der Waals surface area (Å²) < 4.78 is 27.2. The van der Waals surface area contributed by atoms with Gasteiger partial charge in [0.05, 0.1) is 33.6 Å². The molecule has 0 saturated carbocycles. The van der Waals surface area contributed by atoms with E-state index >= 15 is 0 Å². The van der Waals surface area contributed by atoms with Crippen LogP contribution in [-0.4, -0.2) is 23.6 Å². The number of halogens is 2. The van der Waals surface area contributed by atoms with Crippen LogP contribution in [0.15, 0.2) is 60.7 Å². The minimum absolute atomic E-state index is 0.0145. The molecule has 0 unspecified atom stereocenters. The zero-order chi connectivity index (χ0) is 21.2. The van der Waals surface area contributed by atoms with E-state index < -0.39 is 35.3 Å². The molecule has 4 amide bonds. The number of para-hydroxylation sites is 2. The van der Waals surface area contributed by atoms with Crippen molar-refractivity contribution in [1.82, 2.24) is 0 Å². The molecule has 0 aromatic heterocycles. The van der Waals surface area contributed by atoms with E-state index in [1.54, 1.807) is 0 Å². The van der Waals surface area contributed by atoms with Gasteiger partial charge in [-0.2, -0.15) is 0 Å². The molecule has 0 spiro atoms. The molecular formula is C22H10F2N2O4. The molecule has 0 bridgehead atoms. The molecule has 0 radical (unpaired) electrons. The fraction of sp³-hybridized carbons (Fsp3) is 0. The molecule has 0 aliphatic carbocycles. The molecule has 30 heavy (non-hydrogen) atoms. The highest BCUT2D eigenvalue weighted by Crippen LogP contribution is 2.39. The maximum absolute atomic E-state index is 13.6. The first kappa shape index (κ1) is 17.9. The van der Waals surface area contributed by atoms with E-state index in [0.29, 0.717) is 0 Å². The third-order valence-corrected chi connectivity index (χ3v) is 5.06. The molecule has 3 aromatic carbocycles. The van der Waals surface area contributed by atoms with E-state index in [0.717, 1.165) is 34.1 Å². The van der Waals surface area contributed by atoms with Crippen molar-refractivity contribution in [2.75, 3.05) is 9.80 Å². The predicted molar refractivity (Wildman–Crippen MR) is 102 cm³/mol. The number of anilines is 2. The number of rotatable bonds is 2. The second kappa shape index (κ2) is 6.15. The van der Waals surface area contributed by atoms with Gasteiger partial charge >= 0.3 is 0 Å². The monoisotopic (exact) mass is 404 g/mol. The first-order chi connectivity index (χ1) is 14.4. The fourth-order valence-electron chi connectivity index (χ4n) is 3.71. The summed E-state index contributed by atoms with van der Waals surface area (Å²) >= 11 is 0. The third kappa shape index (κ3) is 2.33. The standard InChI is InChI=1S/C22H10F2N2O4/c23-11-5-7-13-15(9-11)21(29)25(19(13)27)17-3-1-2-4-18(17)26-20(28)14-8-6-12(24)10-16(14)22(26)30/h1-10H. The Hall–Kier alpha value is -4.20. The van der Waals surface area contributed by atoms with Gasteiger partial charge in [-0.1, -0.05) is 12.1 Å². The number of fused-ring (bicyclic) bond motifs is 2. The van der Waals surface area contributed by atoms with Gasteiger partial charge in [-0.15, -0.1) is 0 Å². The van der Waals surface area contributed by atoms with Crippen LogP contribution in [0.3, 0.4) is 0 Å². The Morgan fingerprint density at radius 1 is 0.500 bits per heavy atom. The topological polar surface area (TPSA) is 74.8 Å². The lowest BCUT2D eigenvalue weighted by molar-refractivity contribution is 0.0904. The van der Waals surface area contributed by atoms with Crippen molar-refractivity contribution in [2.45, 2.75) is 0 Å². The van der Waals surface area contributed by atoms with Gasteiger partial charge in [-0.25, -0.2) is 18.6 Å². The molecule has 0 atom stereocenters. The summed E-state index contributed by atoms with van der Waals surface area (Å²) in [7, 11) is 0. The highest BCUT2D eigenvalue weighted by molar-refractivity contribution is 6.38. The van der Waals surface area contributed by atoms with E-state index in [1.807, 2.05) is 0 Å². The predicted octanol–water partition coefficient (Wildman–Crippen LogP) is 3.57. The molecule has 8 heteroatoms. The number of benzene rings is 3. The van der Waals surface area contributed by atoms with Gasteiger partial charge in [0.15, 0.2) is 0 Å². The molecular weight excluding hydrogens is 394 g/mol. The second-order valence-corrected chi connectivity index (χ2v) is 6.76. The van der Waals surface area contributed by atoms with Crippen molar-refractivity contribution < 1.29 is 28.0 Å². The lowest BCUT2D eigenvalue weighted by atomic mass is 10.1. The largest absolute Gasteiger partial charge is 0.268 e. The maximum atomic E-state index is 13.6. The van der Waals surface area contributed by atoms with E-state index in [1.165, 1.54) is 36.4 Å². The first-order valence-corrected chi connectivity index (χ1v) is 8.84. The van der Waals surface area contributed by atoms with Gasteiger partial charge in [-0.3, -0.25) is 19.2 Å². The Morgan fingerprint density at radius 2 is 0.867 bits per heavy atom. The van der Waals surface area contributed by atoms with Crippen molar-refractivity contribution in [3.8, 4) is 0 Å².